The van der Waals surface area contributed by atoms with Crippen molar-refractivity contribution in [2.45, 2.75) is 108 Å². The van der Waals surface area contributed by atoms with Crippen molar-refractivity contribution in [3.63, 3.8) is 0 Å². The van der Waals surface area contributed by atoms with E-state index in [1.807, 2.05) is 0 Å². The lowest BCUT2D eigenvalue weighted by molar-refractivity contribution is -0.315. The number of likely N-dealkylation sites (N-methyl/N-ethyl adjacent to an activating group) is 1. The van der Waals surface area contributed by atoms with Gasteiger partial charge in [-0.1, -0.05) is 0 Å². The fraction of sp³-hybridized carbons (Fsp3) is 0.913. The molecule has 0 saturated carbocycles. The van der Waals surface area contributed by atoms with Crippen LogP contribution in [0.1, 0.15) is 34.6 Å². The molecule has 2 heterocycles. The second-order valence-electron chi connectivity index (χ2n) is 9.22. The van der Waals surface area contributed by atoms with Crippen LogP contribution >= 0.6 is 0 Å². The Bertz CT molecular complexity index is 723. The van der Waals surface area contributed by atoms with Gasteiger partial charge in [0.05, 0.1) is 32.0 Å². The smallest absolute Gasteiger partial charge is 0.338 e. The van der Waals surface area contributed by atoms with Crippen molar-refractivity contribution in [3.8, 4) is 0 Å². The highest BCUT2D eigenvalue weighted by Crippen LogP contribution is 2.28. The number of carbonyl (C=O) groups excluding carboxylic acids is 2. The third-order valence-electron chi connectivity index (χ3n) is 5.62. The van der Waals surface area contributed by atoms with E-state index < -0.39 is 73.3 Å². The second-order valence-corrected chi connectivity index (χ2v) is 9.22. The Balaban J connectivity index is 2.02. The molecule has 0 bridgehead atoms. The van der Waals surface area contributed by atoms with Crippen molar-refractivity contribution in [1.82, 2.24) is 5.32 Å². The third kappa shape index (κ3) is 8.26. The quantitative estimate of drug-likeness (QED) is 0.133. The molecule has 2 aliphatic rings. The molecule has 14 nitrogen and oxygen atoms in total. The summed E-state index contributed by atoms with van der Waals surface area (Å²) in [7, 11) is 1.39. The normalized spacial score (nSPS) is 36.5. The van der Waals surface area contributed by atoms with E-state index in [-0.39, 0.29) is 32.0 Å². The van der Waals surface area contributed by atoms with E-state index in [0.717, 1.165) is 0 Å². The fourth-order valence-electron chi connectivity index (χ4n) is 3.96. The Kier molecular flexibility index (Phi) is 12.6. The summed E-state index contributed by atoms with van der Waals surface area (Å²) >= 11 is 0. The second kappa shape index (κ2) is 14.6. The minimum Gasteiger partial charge on any atom is -0.464 e. The van der Waals surface area contributed by atoms with Crippen molar-refractivity contribution in [2.24, 2.45) is 0 Å². The summed E-state index contributed by atoms with van der Waals surface area (Å²) in [5, 5.41) is 44.5. The monoisotopic (exact) mass is 539 g/mol. The zero-order chi connectivity index (χ0) is 27.9. The topological polar surface area (TPSA) is 192 Å². The maximum Gasteiger partial charge on any atom is 0.338 e. The maximum absolute atomic E-state index is 12.4. The molecule has 5 N–H and O–H groups in total. The predicted octanol–water partition coefficient (Wildman–Crippen LogP) is -2.19. The summed E-state index contributed by atoms with van der Waals surface area (Å²) in [5.41, 5.74) is 0. The summed E-state index contributed by atoms with van der Waals surface area (Å²) in [5.74, 6) is -1.39. The standard InChI is InChI=1S/C23H41NO13/c1-7-31-21(30)19-16(12(25)15(28)23(37-19)35-11(4)5)32-8-9-33-22-14(27)13(26)17(34-10(2)3)18(36-22)20(29)24-6/h10-19,22-23,25-28H,7-9H2,1-6H3,(H,24,29)/t12-,13-,14+,15+,16+,17+,18?,19?,22+,23+/m1/s1. The summed E-state index contributed by atoms with van der Waals surface area (Å²) in [4.78, 5) is 24.7. The molecular formula is C23H41NO13. The Morgan fingerprint density at radius 3 is 1.89 bits per heavy atom. The van der Waals surface area contributed by atoms with Crippen LogP contribution in [0.4, 0.5) is 0 Å². The average molecular weight is 540 g/mol. The maximum atomic E-state index is 12.4. The van der Waals surface area contributed by atoms with E-state index in [9.17, 15) is 30.0 Å². The van der Waals surface area contributed by atoms with E-state index in [4.69, 9.17) is 33.2 Å². The van der Waals surface area contributed by atoms with Gasteiger partial charge < -0.3 is 58.9 Å². The van der Waals surface area contributed by atoms with Crippen LogP contribution in [0.25, 0.3) is 0 Å². The number of amides is 1. The molecule has 2 unspecified atom stereocenters. The van der Waals surface area contributed by atoms with Gasteiger partial charge >= 0.3 is 5.97 Å². The van der Waals surface area contributed by atoms with Crippen LogP contribution in [0.15, 0.2) is 0 Å². The molecule has 0 aliphatic carbocycles. The van der Waals surface area contributed by atoms with E-state index >= 15 is 0 Å². The molecule has 0 aromatic rings. The molecule has 2 rings (SSSR count). The number of carbonyl (C=O) groups is 2. The molecule has 0 spiro atoms. The number of ether oxygens (including phenoxy) is 7. The van der Waals surface area contributed by atoms with Crippen molar-refractivity contribution >= 4 is 11.9 Å². The van der Waals surface area contributed by atoms with E-state index in [0.29, 0.717) is 0 Å². The molecule has 14 heteroatoms. The Hall–Kier alpha value is -1.46. The van der Waals surface area contributed by atoms with Gasteiger partial charge in [0.1, 0.15) is 36.6 Å². The number of hydrogen-bond donors (Lipinski definition) is 5. The Morgan fingerprint density at radius 2 is 1.32 bits per heavy atom. The lowest BCUT2D eigenvalue weighted by Gasteiger charge is -2.42. The summed E-state index contributed by atoms with van der Waals surface area (Å²) in [6.07, 6.45) is -14.6. The van der Waals surface area contributed by atoms with Crippen molar-refractivity contribution in [2.75, 3.05) is 26.9 Å². The van der Waals surface area contributed by atoms with Crippen LogP contribution in [-0.4, -0.2) is 133 Å². The first-order valence-corrected chi connectivity index (χ1v) is 12.4. The van der Waals surface area contributed by atoms with Gasteiger partial charge in [-0.25, -0.2) is 4.79 Å². The van der Waals surface area contributed by atoms with Crippen LogP contribution in [0.3, 0.4) is 0 Å². The van der Waals surface area contributed by atoms with E-state index in [2.05, 4.69) is 5.32 Å². The number of nitrogens with one attached hydrogen (secondary N) is 1. The minimum atomic E-state index is -1.56. The van der Waals surface area contributed by atoms with Gasteiger partial charge in [0.2, 0.25) is 0 Å². The highest BCUT2D eigenvalue weighted by atomic mass is 16.7. The van der Waals surface area contributed by atoms with Crippen LogP contribution in [0, 0.1) is 0 Å². The molecule has 2 saturated heterocycles. The van der Waals surface area contributed by atoms with Gasteiger partial charge in [-0.2, -0.15) is 0 Å². The van der Waals surface area contributed by atoms with Crippen LogP contribution < -0.4 is 5.32 Å². The minimum absolute atomic E-state index is 0.0517. The molecule has 37 heavy (non-hydrogen) atoms. The first-order valence-electron chi connectivity index (χ1n) is 12.4. The highest BCUT2D eigenvalue weighted by Gasteiger charge is 2.51. The van der Waals surface area contributed by atoms with Gasteiger partial charge in [0.15, 0.2) is 24.8 Å². The fourth-order valence-corrected chi connectivity index (χ4v) is 3.96. The SMILES string of the molecule is CCOC(=O)C1O[C@H](OC(C)C)[C@@H](O)[C@@H](O)[C@@H]1OCCO[C@H]1OC(C(=O)NC)[C@@H](OC(C)C)[C@H](O)[C@@H]1O. The molecular weight excluding hydrogens is 498 g/mol. The first-order chi connectivity index (χ1) is 17.4. The zero-order valence-corrected chi connectivity index (χ0v) is 22.0. The molecule has 2 aliphatic heterocycles. The van der Waals surface area contributed by atoms with E-state index in [1.165, 1.54) is 7.05 Å². The number of rotatable bonds is 12. The van der Waals surface area contributed by atoms with Gasteiger partial charge in [0, 0.05) is 7.05 Å². The summed E-state index contributed by atoms with van der Waals surface area (Å²) < 4.78 is 38.3. The molecule has 0 radical (unpaired) electrons. The van der Waals surface area contributed by atoms with Gasteiger partial charge in [-0.05, 0) is 34.6 Å². The summed E-state index contributed by atoms with van der Waals surface area (Å²) in [6.45, 7) is 7.98. The van der Waals surface area contributed by atoms with Crippen molar-refractivity contribution in [3.05, 3.63) is 0 Å². The molecule has 0 aromatic heterocycles. The zero-order valence-electron chi connectivity index (χ0n) is 22.0. The van der Waals surface area contributed by atoms with Gasteiger partial charge in [-0.3, -0.25) is 4.79 Å². The highest BCUT2D eigenvalue weighted by molar-refractivity contribution is 5.81. The Labute approximate surface area is 216 Å². The van der Waals surface area contributed by atoms with Gasteiger partial charge in [0.25, 0.3) is 5.91 Å². The predicted molar refractivity (Wildman–Crippen MR) is 124 cm³/mol. The largest absolute Gasteiger partial charge is 0.464 e. The number of aliphatic hydroxyl groups is 4. The first kappa shape index (κ1) is 31.8. The average Bonchev–Trinajstić information content (AvgIpc) is 2.83. The molecule has 1 amide bonds. The van der Waals surface area contributed by atoms with Gasteiger partial charge in [-0.15, -0.1) is 0 Å². The molecule has 0 aromatic carbocycles. The third-order valence-corrected chi connectivity index (χ3v) is 5.62. The molecule has 216 valence electrons. The lowest BCUT2D eigenvalue weighted by Crippen LogP contribution is -2.63. The van der Waals surface area contributed by atoms with Crippen LogP contribution in [-0.2, 0) is 42.7 Å². The van der Waals surface area contributed by atoms with Crippen molar-refractivity contribution in [1.29, 1.82) is 0 Å². The molecule has 2 fully saturated rings. The lowest BCUT2D eigenvalue weighted by atomic mass is 9.97. The molecule has 10 atom stereocenters. The number of aliphatic hydroxyl groups excluding tert-OH is 4. The number of hydrogen-bond acceptors (Lipinski definition) is 13. The summed E-state index contributed by atoms with van der Waals surface area (Å²) in [6, 6.07) is 0. The van der Waals surface area contributed by atoms with Crippen LogP contribution in [0.5, 0.6) is 0 Å². The van der Waals surface area contributed by atoms with E-state index in [1.54, 1.807) is 34.6 Å². The van der Waals surface area contributed by atoms with Crippen LogP contribution in [0.2, 0.25) is 0 Å². The van der Waals surface area contributed by atoms with Crippen molar-refractivity contribution < 1.29 is 63.2 Å². The number of esters is 1. The Morgan fingerprint density at radius 1 is 0.784 bits per heavy atom.